The standard InChI is InChI=1S/C16H26ClNO2/c1-4-13(3)18-8-9-19-10-11-20-15-6-7-16(17)14(5-2)12-15/h6-7,12-13,18H,4-5,8-11H2,1-3H3/p+1/t13-/m0/s1. The quantitative estimate of drug-likeness (QED) is 0.674. The maximum absolute atomic E-state index is 6.07. The number of quaternary nitrogens is 1. The van der Waals surface area contributed by atoms with Crippen molar-refractivity contribution in [2.24, 2.45) is 0 Å². The molecule has 1 aromatic rings. The van der Waals surface area contributed by atoms with Gasteiger partial charge < -0.3 is 14.8 Å². The van der Waals surface area contributed by atoms with Gasteiger partial charge in [-0.05, 0) is 43.5 Å². The van der Waals surface area contributed by atoms with Crippen molar-refractivity contribution in [3.05, 3.63) is 28.8 Å². The van der Waals surface area contributed by atoms with Crippen LogP contribution in [0.5, 0.6) is 5.75 Å². The van der Waals surface area contributed by atoms with Gasteiger partial charge in [0.25, 0.3) is 0 Å². The lowest BCUT2D eigenvalue weighted by Gasteiger charge is -2.10. The first kappa shape index (κ1) is 17.3. The minimum absolute atomic E-state index is 0.577. The van der Waals surface area contributed by atoms with Gasteiger partial charge in [-0.3, -0.25) is 0 Å². The molecule has 0 spiro atoms. The van der Waals surface area contributed by atoms with E-state index in [1.54, 1.807) is 0 Å². The highest BCUT2D eigenvalue weighted by Gasteiger charge is 2.02. The van der Waals surface area contributed by atoms with Gasteiger partial charge in [0, 0.05) is 5.02 Å². The number of hydrogen-bond donors (Lipinski definition) is 1. The van der Waals surface area contributed by atoms with Crippen molar-refractivity contribution in [3.8, 4) is 5.75 Å². The molecule has 114 valence electrons. The number of ether oxygens (including phenoxy) is 2. The van der Waals surface area contributed by atoms with Crippen LogP contribution in [0.2, 0.25) is 5.02 Å². The van der Waals surface area contributed by atoms with Crippen LogP contribution in [-0.2, 0) is 11.2 Å². The van der Waals surface area contributed by atoms with E-state index in [1.807, 2.05) is 18.2 Å². The van der Waals surface area contributed by atoms with Gasteiger partial charge in [0.1, 0.15) is 12.4 Å². The minimum atomic E-state index is 0.577. The van der Waals surface area contributed by atoms with E-state index in [0.29, 0.717) is 19.3 Å². The Balaban J connectivity index is 2.12. The maximum Gasteiger partial charge on any atom is 0.119 e. The van der Waals surface area contributed by atoms with Gasteiger partial charge in [-0.1, -0.05) is 25.4 Å². The van der Waals surface area contributed by atoms with Gasteiger partial charge in [0.2, 0.25) is 0 Å². The molecule has 4 heteroatoms. The molecule has 0 amide bonds. The molecule has 0 saturated carbocycles. The smallest absolute Gasteiger partial charge is 0.119 e. The van der Waals surface area contributed by atoms with Gasteiger partial charge in [-0.25, -0.2) is 0 Å². The van der Waals surface area contributed by atoms with Crippen LogP contribution in [0.3, 0.4) is 0 Å². The van der Waals surface area contributed by atoms with Gasteiger partial charge in [0.15, 0.2) is 0 Å². The van der Waals surface area contributed by atoms with E-state index in [-0.39, 0.29) is 0 Å². The van der Waals surface area contributed by atoms with Crippen molar-refractivity contribution in [2.75, 3.05) is 26.4 Å². The minimum Gasteiger partial charge on any atom is -0.491 e. The molecule has 0 unspecified atom stereocenters. The summed E-state index contributed by atoms with van der Waals surface area (Å²) in [5.74, 6) is 0.862. The molecule has 0 aliphatic carbocycles. The third-order valence-corrected chi connectivity index (χ3v) is 3.74. The Morgan fingerprint density at radius 1 is 1.20 bits per heavy atom. The maximum atomic E-state index is 6.07. The fraction of sp³-hybridized carbons (Fsp3) is 0.625. The summed E-state index contributed by atoms with van der Waals surface area (Å²) in [6.07, 6.45) is 2.11. The number of benzene rings is 1. The predicted octanol–water partition coefficient (Wildman–Crippen LogP) is 2.66. The number of halogens is 1. The molecule has 1 rings (SSSR count). The average molecular weight is 301 g/mol. The summed E-state index contributed by atoms with van der Waals surface area (Å²) in [5, 5.41) is 3.12. The summed E-state index contributed by atoms with van der Waals surface area (Å²) in [5.41, 5.74) is 1.12. The molecule has 0 aliphatic rings. The summed E-state index contributed by atoms with van der Waals surface area (Å²) in [6.45, 7) is 9.50. The molecule has 0 aliphatic heterocycles. The van der Waals surface area contributed by atoms with Crippen LogP contribution in [-0.4, -0.2) is 32.4 Å². The Morgan fingerprint density at radius 3 is 2.70 bits per heavy atom. The molecule has 0 aromatic heterocycles. The lowest BCUT2D eigenvalue weighted by Crippen LogP contribution is -2.90. The number of hydrogen-bond acceptors (Lipinski definition) is 2. The van der Waals surface area contributed by atoms with Gasteiger partial charge in [-0.15, -0.1) is 0 Å². The summed E-state index contributed by atoms with van der Waals surface area (Å²) in [6, 6.07) is 6.46. The molecule has 20 heavy (non-hydrogen) atoms. The van der Waals surface area contributed by atoms with Crippen LogP contribution >= 0.6 is 11.6 Å². The van der Waals surface area contributed by atoms with Crippen molar-refractivity contribution >= 4 is 11.6 Å². The molecule has 1 aromatic carbocycles. The Morgan fingerprint density at radius 2 is 2.00 bits per heavy atom. The van der Waals surface area contributed by atoms with Gasteiger partial charge in [0.05, 0.1) is 25.8 Å². The Bertz CT molecular complexity index is 385. The zero-order valence-corrected chi connectivity index (χ0v) is 13.6. The molecule has 0 radical (unpaired) electrons. The zero-order chi connectivity index (χ0) is 14.8. The molecule has 1 atom stereocenters. The van der Waals surface area contributed by atoms with E-state index in [0.717, 1.165) is 35.9 Å². The molecular weight excluding hydrogens is 274 g/mol. The molecule has 0 saturated heterocycles. The second-order valence-electron chi connectivity index (χ2n) is 4.98. The van der Waals surface area contributed by atoms with Crippen LogP contribution in [0.25, 0.3) is 0 Å². The SMILES string of the molecule is CCc1cc(OCCOCC[NH2+][C@@H](C)CC)ccc1Cl. The van der Waals surface area contributed by atoms with Gasteiger partial charge in [-0.2, -0.15) is 0 Å². The highest BCUT2D eigenvalue weighted by atomic mass is 35.5. The first-order valence-electron chi connectivity index (χ1n) is 7.49. The fourth-order valence-corrected chi connectivity index (χ4v) is 2.09. The van der Waals surface area contributed by atoms with Crippen molar-refractivity contribution in [2.45, 2.75) is 39.7 Å². The van der Waals surface area contributed by atoms with Crippen molar-refractivity contribution < 1.29 is 14.8 Å². The molecule has 2 N–H and O–H groups in total. The molecule has 3 nitrogen and oxygen atoms in total. The number of nitrogens with two attached hydrogens (primary N) is 1. The normalized spacial score (nSPS) is 12.4. The van der Waals surface area contributed by atoms with Crippen LogP contribution < -0.4 is 10.1 Å². The Labute approximate surface area is 127 Å². The molecule has 0 heterocycles. The fourth-order valence-electron chi connectivity index (χ4n) is 1.83. The van der Waals surface area contributed by atoms with E-state index in [9.17, 15) is 0 Å². The topological polar surface area (TPSA) is 35.1 Å². The van der Waals surface area contributed by atoms with E-state index in [1.165, 1.54) is 6.42 Å². The van der Waals surface area contributed by atoms with E-state index in [2.05, 4.69) is 26.1 Å². The monoisotopic (exact) mass is 300 g/mol. The van der Waals surface area contributed by atoms with Crippen LogP contribution in [0.4, 0.5) is 0 Å². The number of rotatable bonds is 10. The van der Waals surface area contributed by atoms with Crippen molar-refractivity contribution in [3.63, 3.8) is 0 Å². The van der Waals surface area contributed by atoms with E-state index >= 15 is 0 Å². The summed E-state index contributed by atoms with van der Waals surface area (Å²) >= 11 is 6.07. The summed E-state index contributed by atoms with van der Waals surface area (Å²) in [4.78, 5) is 0. The van der Waals surface area contributed by atoms with Crippen LogP contribution in [0.15, 0.2) is 18.2 Å². The third-order valence-electron chi connectivity index (χ3n) is 3.37. The van der Waals surface area contributed by atoms with E-state index in [4.69, 9.17) is 21.1 Å². The highest BCUT2D eigenvalue weighted by Crippen LogP contribution is 2.22. The lowest BCUT2D eigenvalue weighted by atomic mass is 10.1. The Hall–Kier alpha value is -0.770. The third kappa shape index (κ3) is 6.60. The van der Waals surface area contributed by atoms with Crippen LogP contribution in [0, 0.1) is 0 Å². The largest absolute Gasteiger partial charge is 0.491 e. The number of aryl methyl sites for hydroxylation is 1. The zero-order valence-electron chi connectivity index (χ0n) is 12.8. The highest BCUT2D eigenvalue weighted by molar-refractivity contribution is 6.31. The first-order valence-corrected chi connectivity index (χ1v) is 7.87. The predicted molar refractivity (Wildman–Crippen MR) is 83.7 cm³/mol. The average Bonchev–Trinajstić information content (AvgIpc) is 2.47. The summed E-state index contributed by atoms with van der Waals surface area (Å²) < 4.78 is 11.2. The Kier molecular flexibility index (Phi) is 8.67. The first-order chi connectivity index (χ1) is 9.67. The summed E-state index contributed by atoms with van der Waals surface area (Å²) in [7, 11) is 0. The second-order valence-corrected chi connectivity index (χ2v) is 5.38. The molecule has 0 fully saturated rings. The van der Waals surface area contributed by atoms with Crippen molar-refractivity contribution in [1.29, 1.82) is 0 Å². The second kappa shape index (κ2) is 10.0. The molecular formula is C16H27ClNO2+. The van der Waals surface area contributed by atoms with Crippen LogP contribution in [0.1, 0.15) is 32.8 Å². The van der Waals surface area contributed by atoms with E-state index < -0.39 is 0 Å². The van der Waals surface area contributed by atoms with Crippen molar-refractivity contribution in [1.82, 2.24) is 0 Å². The molecule has 0 bridgehead atoms. The van der Waals surface area contributed by atoms with Gasteiger partial charge >= 0.3 is 0 Å². The lowest BCUT2D eigenvalue weighted by molar-refractivity contribution is -0.687.